The van der Waals surface area contributed by atoms with Gasteiger partial charge in [0, 0.05) is 18.5 Å². The lowest BCUT2D eigenvalue weighted by Gasteiger charge is -2.06. The van der Waals surface area contributed by atoms with E-state index in [9.17, 15) is 14.0 Å². The Labute approximate surface area is 126 Å². The smallest absolute Gasteiger partial charge is 0.174 e. The highest BCUT2D eigenvalue weighted by molar-refractivity contribution is 5.87. The molecule has 0 radical (unpaired) electrons. The van der Waals surface area contributed by atoms with Crippen LogP contribution < -0.4 is 0 Å². The molecule has 2 heterocycles. The second-order valence-corrected chi connectivity index (χ2v) is 5.21. The molecule has 0 bridgehead atoms. The highest BCUT2D eigenvalue weighted by Crippen LogP contribution is 2.22. The molecule has 1 aromatic carbocycles. The Kier molecular flexibility index (Phi) is 3.96. The predicted molar refractivity (Wildman–Crippen MR) is 77.4 cm³/mol. The van der Waals surface area contributed by atoms with Crippen LogP contribution in [0.1, 0.15) is 36.5 Å². The van der Waals surface area contributed by atoms with Gasteiger partial charge in [0.05, 0.1) is 5.57 Å². The van der Waals surface area contributed by atoms with E-state index < -0.39 is 11.6 Å². The van der Waals surface area contributed by atoms with Crippen molar-refractivity contribution in [1.29, 1.82) is 5.26 Å². The van der Waals surface area contributed by atoms with Gasteiger partial charge in [0.1, 0.15) is 11.9 Å². The molecule has 0 aliphatic carbocycles. The molecule has 0 saturated carbocycles. The van der Waals surface area contributed by atoms with E-state index in [-0.39, 0.29) is 11.1 Å². The Hall–Kier alpha value is -2.55. The number of rotatable bonds is 2. The van der Waals surface area contributed by atoms with Gasteiger partial charge in [-0.2, -0.15) is 5.26 Å². The fourth-order valence-corrected chi connectivity index (χ4v) is 2.62. The zero-order valence-corrected chi connectivity index (χ0v) is 11.9. The minimum absolute atomic E-state index is 0.0301. The molecule has 1 aromatic heterocycles. The van der Waals surface area contributed by atoms with E-state index in [1.54, 1.807) is 0 Å². The van der Waals surface area contributed by atoms with Crippen molar-refractivity contribution in [2.45, 2.75) is 32.2 Å². The summed E-state index contributed by atoms with van der Waals surface area (Å²) in [5, 5.41) is 17.6. The van der Waals surface area contributed by atoms with Crippen LogP contribution in [0.15, 0.2) is 18.2 Å². The number of hydrogen-bond donors (Lipinski definition) is 0. The first-order chi connectivity index (χ1) is 10.7. The first-order valence-electron chi connectivity index (χ1n) is 7.19. The molecule has 3 rings (SSSR count). The van der Waals surface area contributed by atoms with Crippen molar-refractivity contribution in [2.24, 2.45) is 0 Å². The number of fused-ring (bicyclic) bond motifs is 1. The number of aryl methyl sites for hydroxylation is 1. The molecule has 2 aromatic rings. The summed E-state index contributed by atoms with van der Waals surface area (Å²) in [4.78, 5) is 0. The standard InChI is InChI=1S/C16H14F2N4/c17-13-6-4-5-11(15(13)18)9-12(10-19)16-21-20-14-7-2-1-3-8-22(14)16/h4-6,9H,1-3,7-8H2/b12-9-. The summed E-state index contributed by atoms with van der Waals surface area (Å²) in [6.45, 7) is 0.738. The molecule has 4 nitrogen and oxygen atoms in total. The van der Waals surface area contributed by atoms with E-state index >= 15 is 0 Å². The molecular weight excluding hydrogens is 286 g/mol. The summed E-state index contributed by atoms with van der Waals surface area (Å²) in [7, 11) is 0. The summed E-state index contributed by atoms with van der Waals surface area (Å²) in [6.07, 6.45) is 5.28. The molecule has 0 amide bonds. The van der Waals surface area contributed by atoms with Gasteiger partial charge in [-0.3, -0.25) is 0 Å². The second kappa shape index (κ2) is 6.06. The molecule has 0 spiro atoms. The van der Waals surface area contributed by atoms with Crippen LogP contribution in [-0.4, -0.2) is 14.8 Å². The average molecular weight is 300 g/mol. The number of nitriles is 1. The Balaban J connectivity index is 2.05. The number of hydrogen-bond acceptors (Lipinski definition) is 3. The van der Waals surface area contributed by atoms with Gasteiger partial charge in [0.25, 0.3) is 0 Å². The zero-order valence-electron chi connectivity index (χ0n) is 11.9. The number of halogens is 2. The molecule has 1 aliphatic rings. The third kappa shape index (κ3) is 2.62. The van der Waals surface area contributed by atoms with Crippen molar-refractivity contribution in [3.8, 4) is 6.07 Å². The van der Waals surface area contributed by atoms with Crippen LogP contribution in [0.5, 0.6) is 0 Å². The second-order valence-electron chi connectivity index (χ2n) is 5.21. The van der Waals surface area contributed by atoms with Crippen molar-refractivity contribution in [2.75, 3.05) is 0 Å². The topological polar surface area (TPSA) is 54.5 Å². The van der Waals surface area contributed by atoms with E-state index in [1.807, 2.05) is 10.6 Å². The van der Waals surface area contributed by atoms with Crippen LogP contribution in [0.2, 0.25) is 0 Å². The molecule has 0 fully saturated rings. The van der Waals surface area contributed by atoms with Gasteiger partial charge < -0.3 is 4.57 Å². The van der Waals surface area contributed by atoms with Crippen LogP contribution in [-0.2, 0) is 13.0 Å². The average Bonchev–Trinajstić information content (AvgIpc) is 2.77. The van der Waals surface area contributed by atoms with Crippen molar-refractivity contribution >= 4 is 11.6 Å². The van der Waals surface area contributed by atoms with E-state index in [0.29, 0.717) is 5.82 Å². The Morgan fingerprint density at radius 2 is 2.09 bits per heavy atom. The SMILES string of the molecule is N#C/C(=C/c1cccc(F)c1F)c1nnc2n1CCCCC2. The summed E-state index contributed by atoms with van der Waals surface area (Å²) >= 11 is 0. The van der Waals surface area contributed by atoms with E-state index in [0.717, 1.165) is 44.1 Å². The number of aromatic nitrogens is 3. The molecule has 22 heavy (non-hydrogen) atoms. The van der Waals surface area contributed by atoms with Gasteiger partial charge in [0.15, 0.2) is 17.5 Å². The summed E-state index contributed by atoms with van der Waals surface area (Å²) in [5.41, 5.74) is 0.215. The third-order valence-electron chi connectivity index (χ3n) is 3.75. The van der Waals surface area contributed by atoms with Gasteiger partial charge in [-0.1, -0.05) is 18.6 Å². The van der Waals surface area contributed by atoms with Gasteiger partial charge >= 0.3 is 0 Å². The minimum Gasteiger partial charge on any atom is -0.310 e. The van der Waals surface area contributed by atoms with Gasteiger partial charge in [0.2, 0.25) is 0 Å². The highest BCUT2D eigenvalue weighted by Gasteiger charge is 2.18. The predicted octanol–water partition coefficient (Wildman–Crippen LogP) is 3.35. The van der Waals surface area contributed by atoms with Crippen LogP contribution in [0.3, 0.4) is 0 Å². The van der Waals surface area contributed by atoms with E-state index in [4.69, 9.17) is 0 Å². The first kappa shape index (κ1) is 14.4. The highest BCUT2D eigenvalue weighted by atomic mass is 19.2. The van der Waals surface area contributed by atoms with Crippen LogP contribution in [0, 0.1) is 23.0 Å². The fourth-order valence-electron chi connectivity index (χ4n) is 2.62. The number of nitrogens with zero attached hydrogens (tertiary/aromatic N) is 4. The van der Waals surface area contributed by atoms with Crippen molar-refractivity contribution in [1.82, 2.24) is 14.8 Å². The molecule has 112 valence electrons. The van der Waals surface area contributed by atoms with E-state index in [1.165, 1.54) is 18.2 Å². The van der Waals surface area contributed by atoms with Crippen molar-refractivity contribution in [3.63, 3.8) is 0 Å². The lowest BCUT2D eigenvalue weighted by atomic mass is 10.1. The monoisotopic (exact) mass is 300 g/mol. The quantitative estimate of drug-likeness (QED) is 0.799. The van der Waals surface area contributed by atoms with Crippen LogP contribution in [0.25, 0.3) is 11.6 Å². The normalized spacial score (nSPS) is 15.0. The van der Waals surface area contributed by atoms with Gasteiger partial charge in [-0.15, -0.1) is 10.2 Å². The molecule has 0 atom stereocenters. The van der Waals surface area contributed by atoms with Gasteiger partial charge in [-0.25, -0.2) is 8.78 Å². The lowest BCUT2D eigenvalue weighted by Crippen LogP contribution is -2.05. The number of allylic oxidation sites excluding steroid dienone is 1. The fraction of sp³-hybridized carbons (Fsp3) is 0.312. The Bertz CT molecular complexity index is 771. The van der Waals surface area contributed by atoms with Crippen LogP contribution in [0.4, 0.5) is 8.78 Å². The molecular formula is C16H14F2N4. The first-order valence-corrected chi connectivity index (χ1v) is 7.19. The Morgan fingerprint density at radius 1 is 1.23 bits per heavy atom. The maximum absolute atomic E-state index is 13.8. The largest absolute Gasteiger partial charge is 0.310 e. The number of benzene rings is 1. The van der Waals surface area contributed by atoms with Gasteiger partial charge in [-0.05, 0) is 25.0 Å². The summed E-state index contributed by atoms with van der Waals surface area (Å²) in [6, 6.07) is 5.89. The zero-order chi connectivity index (χ0) is 15.5. The maximum Gasteiger partial charge on any atom is 0.174 e. The molecule has 0 N–H and O–H groups in total. The Morgan fingerprint density at radius 3 is 2.91 bits per heavy atom. The van der Waals surface area contributed by atoms with Crippen molar-refractivity contribution < 1.29 is 8.78 Å². The lowest BCUT2D eigenvalue weighted by molar-refractivity contribution is 0.507. The minimum atomic E-state index is -0.967. The van der Waals surface area contributed by atoms with Crippen LogP contribution >= 0.6 is 0 Å². The third-order valence-corrected chi connectivity index (χ3v) is 3.75. The summed E-state index contributed by atoms with van der Waals surface area (Å²) < 4.78 is 29.0. The van der Waals surface area contributed by atoms with Crippen molar-refractivity contribution in [3.05, 3.63) is 47.0 Å². The summed E-state index contributed by atoms with van der Waals surface area (Å²) in [5.74, 6) is -0.645. The molecule has 0 unspecified atom stereocenters. The molecule has 1 aliphatic heterocycles. The molecule has 6 heteroatoms. The maximum atomic E-state index is 13.8. The van der Waals surface area contributed by atoms with E-state index in [2.05, 4.69) is 10.2 Å². The molecule has 0 saturated heterocycles.